The number of nitrogens with one attached hydrogen (secondary N) is 2. The lowest BCUT2D eigenvalue weighted by atomic mass is 9.85. The molecule has 1 aliphatic heterocycles. The van der Waals surface area contributed by atoms with Crippen molar-refractivity contribution in [2.75, 3.05) is 47.3 Å². The molecule has 0 bridgehead atoms. The van der Waals surface area contributed by atoms with E-state index in [1.54, 1.807) is 0 Å². The van der Waals surface area contributed by atoms with Gasteiger partial charge in [0, 0.05) is 32.2 Å². The van der Waals surface area contributed by atoms with Gasteiger partial charge in [-0.2, -0.15) is 0 Å². The van der Waals surface area contributed by atoms with Crippen LogP contribution in [0.4, 0.5) is 0 Å². The maximum atomic E-state index is 12.9. The van der Waals surface area contributed by atoms with E-state index >= 15 is 0 Å². The molecule has 0 unspecified atom stereocenters. The summed E-state index contributed by atoms with van der Waals surface area (Å²) in [6, 6.07) is 0.309. The number of hydrogen-bond acceptors (Lipinski definition) is 4. The number of piperidine rings is 1. The Morgan fingerprint density at radius 2 is 1.82 bits per heavy atom. The summed E-state index contributed by atoms with van der Waals surface area (Å²) < 4.78 is 0. The molecule has 0 saturated carbocycles. The van der Waals surface area contributed by atoms with Gasteiger partial charge in [0.1, 0.15) is 5.54 Å². The SMILES string of the molecule is CC(C)NC1(C(=O)NCC(C)(C)CN(C)C)CCN(C)CC1. The maximum absolute atomic E-state index is 12.9. The van der Waals surface area contributed by atoms with Gasteiger partial charge in [-0.15, -0.1) is 0 Å². The number of carbonyl (C=O) groups excluding carboxylic acids is 1. The average Bonchev–Trinajstić information content (AvgIpc) is 2.37. The van der Waals surface area contributed by atoms with Crippen molar-refractivity contribution in [1.29, 1.82) is 0 Å². The van der Waals surface area contributed by atoms with Crippen LogP contribution in [-0.2, 0) is 4.79 Å². The first-order valence-corrected chi connectivity index (χ1v) is 8.46. The average molecular weight is 313 g/mol. The van der Waals surface area contributed by atoms with Crippen LogP contribution >= 0.6 is 0 Å². The minimum atomic E-state index is -0.408. The summed E-state index contributed by atoms with van der Waals surface area (Å²) in [5, 5.41) is 6.76. The molecule has 0 aromatic rings. The van der Waals surface area contributed by atoms with Crippen LogP contribution in [0.15, 0.2) is 0 Å². The molecule has 0 radical (unpaired) electrons. The molecule has 1 rings (SSSR count). The van der Waals surface area contributed by atoms with Crippen LogP contribution in [0, 0.1) is 5.41 Å². The number of carbonyl (C=O) groups is 1. The van der Waals surface area contributed by atoms with Gasteiger partial charge in [-0.1, -0.05) is 13.8 Å². The van der Waals surface area contributed by atoms with Crippen LogP contribution in [0.2, 0.25) is 0 Å². The van der Waals surface area contributed by atoms with Crippen molar-refractivity contribution < 1.29 is 4.79 Å². The Morgan fingerprint density at radius 3 is 2.27 bits per heavy atom. The van der Waals surface area contributed by atoms with Gasteiger partial charge in [-0.25, -0.2) is 0 Å². The van der Waals surface area contributed by atoms with Crippen molar-refractivity contribution >= 4 is 5.91 Å². The van der Waals surface area contributed by atoms with Gasteiger partial charge in [0.05, 0.1) is 0 Å². The van der Waals surface area contributed by atoms with E-state index < -0.39 is 5.54 Å². The fourth-order valence-corrected chi connectivity index (χ4v) is 3.39. The Bertz CT molecular complexity index is 358. The number of likely N-dealkylation sites (tertiary alicyclic amines) is 1. The summed E-state index contributed by atoms with van der Waals surface area (Å²) in [7, 11) is 6.27. The topological polar surface area (TPSA) is 47.6 Å². The van der Waals surface area contributed by atoms with Gasteiger partial charge in [0.2, 0.25) is 5.91 Å². The molecular formula is C17H36N4O. The molecular weight excluding hydrogens is 276 g/mol. The molecule has 0 spiro atoms. The summed E-state index contributed by atoms with van der Waals surface area (Å²) in [5.41, 5.74) is -0.335. The monoisotopic (exact) mass is 312 g/mol. The standard InChI is InChI=1S/C17H36N4O/c1-14(2)19-17(8-10-21(7)11-9-17)15(22)18-12-16(3,4)13-20(5)6/h14,19H,8-13H2,1-7H3,(H,18,22). The van der Waals surface area contributed by atoms with Crippen molar-refractivity contribution in [2.45, 2.75) is 52.1 Å². The zero-order valence-corrected chi connectivity index (χ0v) is 15.6. The first-order valence-electron chi connectivity index (χ1n) is 8.46. The van der Waals surface area contributed by atoms with Crippen LogP contribution in [0.1, 0.15) is 40.5 Å². The second-order valence-electron chi connectivity index (χ2n) is 8.27. The number of amides is 1. The molecule has 0 aromatic carbocycles. The van der Waals surface area contributed by atoms with E-state index in [0.717, 1.165) is 32.5 Å². The second kappa shape index (κ2) is 7.75. The van der Waals surface area contributed by atoms with Crippen LogP contribution in [-0.4, -0.2) is 74.6 Å². The van der Waals surface area contributed by atoms with Gasteiger partial charge >= 0.3 is 0 Å². The summed E-state index contributed by atoms with van der Waals surface area (Å²) in [4.78, 5) is 17.4. The van der Waals surface area contributed by atoms with E-state index in [-0.39, 0.29) is 11.3 Å². The summed E-state index contributed by atoms with van der Waals surface area (Å²) in [6.45, 7) is 12.2. The smallest absolute Gasteiger partial charge is 0.240 e. The fraction of sp³-hybridized carbons (Fsp3) is 0.941. The molecule has 1 aliphatic rings. The van der Waals surface area contributed by atoms with Gasteiger partial charge in [0.15, 0.2) is 0 Å². The third-order valence-corrected chi connectivity index (χ3v) is 4.31. The van der Waals surface area contributed by atoms with Crippen molar-refractivity contribution in [2.24, 2.45) is 5.41 Å². The highest BCUT2D eigenvalue weighted by molar-refractivity contribution is 5.86. The number of rotatable bonds is 7. The van der Waals surface area contributed by atoms with Crippen LogP contribution in [0.5, 0.6) is 0 Å². The molecule has 1 fully saturated rings. The summed E-state index contributed by atoms with van der Waals surface area (Å²) >= 11 is 0. The molecule has 2 N–H and O–H groups in total. The highest BCUT2D eigenvalue weighted by atomic mass is 16.2. The highest BCUT2D eigenvalue weighted by Crippen LogP contribution is 2.23. The van der Waals surface area contributed by atoms with Crippen molar-refractivity contribution in [3.05, 3.63) is 0 Å². The molecule has 130 valence electrons. The molecule has 22 heavy (non-hydrogen) atoms. The highest BCUT2D eigenvalue weighted by Gasteiger charge is 2.41. The Labute approximate surface area is 136 Å². The summed E-state index contributed by atoms with van der Waals surface area (Å²) in [6.07, 6.45) is 1.75. The summed E-state index contributed by atoms with van der Waals surface area (Å²) in [5.74, 6) is 0.168. The van der Waals surface area contributed by atoms with E-state index in [4.69, 9.17) is 0 Å². The van der Waals surface area contributed by atoms with Crippen molar-refractivity contribution in [3.8, 4) is 0 Å². The predicted octanol–water partition coefficient (Wildman–Crippen LogP) is 1.15. The first kappa shape index (κ1) is 19.4. The van der Waals surface area contributed by atoms with E-state index in [9.17, 15) is 4.79 Å². The van der Waals surface area contributed by atoms with Gasteiger partial charge in [-0.05, 0) is 53.2 Å². The molecule has 1 amide bonds. The normalized spacial score (nSPS) is 19.7. The quantitative estimate of drug-likeness (QED) is 0.740. The number of nitrogens with zero attached hydrogens (tertiary/aromatic N) is 2. The van der Waals surface area contributed by atoms with Crippen LogP contribution in [0.25, 0.3) is 0 Å². The molecule has 1 saturated heterocycles. The van der Waals surface area contributed by atoms with E-state index in [1.807, 2.05) is 0 Å². The third kappa shape index (κ3) is 5.86. The molecule has 0 aromatic heterocycles. The Morgan fingerprint density at radius 1 is 1.27 bits per heavy atom. The Hall–Kier alpha value is -0.650. The molecule has 5 nitrogen and oxygen atoms in total. The van der Waals surface area contributed by atoms with E-state index in [2.05, 4.69) is 69.3 Å². The van der Waals surface area contributed by atoms with E-state index in [0.29, 0.717) is 12.6 Å². The molecule has 5 heteroatoms. The Kier molecular flexibility index (Phi) is 6.84. The zero-order chi connectivity index (χ0) is 17.0. The van der Waals surface area contributed by atoms with Crippen LogP contribution in [0.3, 0.4) is 0 Å². The predicted molar refractivity (Wildman–Crippen MR) is 93.1 cm³/mol. The minimum Gasteiger partial charge on any atom is -0.354 e. The second-order valence-corrected chi connectivity index (χ2v) is 8.27. The Balaban J connectivity index is 2.69. The van der Waals surface area contributed by atoms with Crippen molar-refractivity contribution in [1.82, 2.24) is 20.4 Å². The number of hydrogen-bond donors (Lipinski definition) is 2. The molecule has 0 aliphatic carbocycles. The van der Waals surface area contributed by atoms with Crippen molar-refractivity contribution in [3.63, 3.8) is 0 Å². The van der Waals surface area contributed by atoms with Gasteiger partial charge in [0.25, 0.3) is 0 Å². The lowest BCUT2D eigenvalue weighted by Gasteiger charge is -2.42. The fourth-order valence-electron chi connectivity index (χ4n) is 3.39. The van der Waals surface area contributed by atoms with Gasteiger partial charge < -0.3 is 20.4 Å². The molecule has 0 atom stereocenters. The van der Waals surface area contributed by atoms with E-state index in [1.165, 1.54) is 0 Å². The van der Waals surface area contributed by atoms with Gasteiger partial charge in [-0.3, -0.25) is 4.79 Å². The minimum absolute atomic E-state index is 0.0731. The first-order chi connectivity index (χ1) is 10.1. The lowest BCUT2D eigenvalue weighted by molar-refractivity contribution is -0.130. The third-order valence-electron chi connectivity index (χ3n) is 4.31. The largest absolute Gasteiger partial charge is 0.354 e. The zero-order valence-electron chi connectivity index (χ0n) is 15.6. The maximum Gasteiger partial charge on any atom is 0.240 e. The lowest BCUT2D eigenvalue weighted by Crippen LogP contribution is -2.63. The van der Waals surface area contributed by atoms with Crippen LogP contribution < -0.4 is 10.6 Å². The molecule has 1 heterocycles.